The number of nitrogens with one attached hydrogen (secondary N) is 1. The molecule has 0 atom stereocenters. The van der Waals surface area contributed by atoms with E-state index in [-0.39, 0.29) is 36.2 Å². The summed E-state index contributed by atoms with van der Waals surface area (Å²) in [5.74, 6) is 0.288. The lowest BCUT2D eigenvalue weighted by atomic mass is 9.86. The van der Waals surface area contributed by atoms with Gasteiger partial charge in [0.05, 0.1) is 19.1 Å². The molecule has 3 aliphatic rings. The number of carbonyl (C=O) groups is 3. The summed E-state index contributed by atoms with van der Waals surface area (Å²) in [7, 11) is 1.43. The molecule has 0 spiro atoms. The maximum Gasteiger partial charge on any atom is 0.410 e. The van der Waals surface area contributed by atoms with Crippen LogP contribution in [0.5, 0.6) is 0 Å². The Morgan fingerprint density at radius 2 is 1.44 bits per heavy atom. The van der Waals surface area contributed by atoms with Crippen LogP contribution < -0.4 is 5.32 Å². The Labute approximate surface area is 203 Å². The molecule has 0 radical (unpaired) electrons. The Hall–Kier alpha value is -2.03. The average Bonchev–Trinajstić information content (AvgIpc) is 2.82. The van der Waals surface area contributed by atoms with Crippen molar-refractivity contribution in [2.45, 2.75) is 89.9 Å². The largest absolute Gasteiger partial charge is 0.469 e. The predicted molar refractivity (Wildman–Crippen MR) is 127 cm³/mol. The zero-order valence-corrected chi connectivity index (χ0v) is 21.3. The van der Waals surface area contributed by atoms with Crippen LogP contribution in [0.25, 0.3) is 0 Å². The minimum Gasteiger partial charge on any atom is -0.469 e. The second-order valence-corrected chi connectivity index (χ2v) is 11.0. The van der Waals surface area contributed by atoms with Crippen LogP contribution in [-0.2, 0) is 19.0 Å². The van der Waals surface area contributed by atoms with Crippen LogP contribution in [0.4, 0.5) is 9.59 Å². The fourth-order valence-corrected chi connectivity index (χ4v) is 5.01. The summed E-state index contributed by atoms with van der Waals surface area (Å²) in [6.45, 7) is 9.19. The molecule has 3 amide bonds. The zero-order chi connectivity index (χ0) is 24.7. The van der Waals surface area contributed by atoms with E-state index in [1.165, 1.54) is 7.11 Å². The Bertz CT molecular complexity index is 685. The first-order valence-corrected chi connectivity index (χ1v) is 12.9. The first-order chi connectivity index (χ1) is 16.1. The van der Waals surface area contributed by atoms with Crippen LogP contribution in [0.1, 0.15) is 72.1 Å². The lowest BCUT2D eigenvalue weighted by Crippen LogP contribution is -2.50. The number of ether oxygens (including phenoxy) is 3. The summed E-state index contributed by atoms with van der Waals surface area (Å²) in [5.41, 5.74) is -0.465. The highest BCUT2D eigenvalue weighted by Crippen LogP contribution is 2.26. The molecule has 3 fully saturated rings. The number of nitrogens with zero attached hydrogens (tertiary/aromatic N) is 2. The summed E-state index contributed by atoms with van der Waals surface area (Å²) in [5, 5.41) is 3.14. The molecule has 2 heterocycles. The molecule has 0 aromatic rings. The Balaban J connectivity index is 1.28. The number of piperidine rings is 2. The maximum absolute atomic E-state index is 12.7. The van der Waals surface area contributed by atoms with Crippen LogP contribution in [0, 0.1) is 11.8 Å². The van der Waals surface area contributed by atoms with E-state index in [1.54, 1.807) is 4.90 Å². The number of hydrogen-bond donors (Lipinski definition) is 1. The number of methoxy groups -OCH3 is 1. The van der Waals surface area contributed by atoms with Gasteiger partial charge in [-0.3, -0.25) is 4.79 Å². The molecule has 194 valence electrons. The number of esters is 1. The summed E-state index contributed by atoms with van der Waals surface area (Å²) in [6, 6.07) is 0.128. The third-order valence-corrected chi connectivity index (χ3v) is 7.15. The van der Waals surface area contributed by atoms with Crippen molar-refractivity contribution in [1.29, 1.82) is 0 Å². The maximum atomic E-state index is 12.7. The van der Waals surface area contributed by atoms with Gasteiger partial charge in [0.2, 0.25) is 0 Å². The lowest BCUT2D eigenvalue weighted by Gasteiger charge is -2.36. The SMILES string of the molecule is COC(=O)C1CCC(NC(=O)N2CCC(OCC3CCN(C(=O)OC(C)(C)C)CC3)CC2)CC1. The highest BCUT2D eigenvalue weighted by molar-refractivity contribution is 5.75. The van der Waals surface area contributed by atoms with Crippen molar-refractivity contribution in [3.05, 3.63) is 0 Å². The van der Waals surface area contributed by atoms with Gasteiger partial charge < -0.3 is 29.3 Å². The van der Waals surface area contributed by atoms with E-state index < -0.39 is 5.60 Å². The zero-order valence-electron chi connectivity index (χ0n) is 21.3. The van der Waals surface area contributed by atoms with Crippen molar-refractivity contribution in [3.63, 3.8) is 0 Å². The van der Waals surface area contributed by atoms with Crippen LogP contribution in [0.15, 0.2) is 0 Å². The molecular weight excluding hydrogens is 438 g/mol. The van der Waals surface area contributed by atoms with Crippen molar-refractivity contribution in [2.75, 3.05) is 39.9 Å². The molecule has 0 aromatic heterocycles. The van der Waals surface area contributed by atoms with Crippen LogP contribution >= 0.6 is 0 Å². The molecular formula is C25H43N3O6. The van der Waals surface area contributed by atoms with Crippen LogP contribution in [-0.4, -0.2) is 85.5 Å². The van der Waals surface area contributed by atoms with Gasteiger partial charge in [-0.2, -0.15) is 0 Å². The van der Waals surface area contributed by atoms with Gasteiger partial charge in [0.15, 0.2) is 0 Å². The molecule has 9 heteroatoms. The van der Waals surface area contributed by atoms with Crippen molar-refractivity contribution in [1.82, 2.24) is 15.1 Å². The van der Waals surface area contributed by atoms with E-state index in [1.807, 2.05) is 25.7 Å². The van der Waals surface area contributed by atoms with Gasteiger partial charge in [0.1, 0.15) is 5.60 Å². The van der Waals surface area contributed by atoms with Crippen molar-refractivity contribution >= 4 is 18.1 Å². The lowest BCUT2D eigenvalue weighted by molar-refractivity contribution is -0.146. The highest BCUT2D eigenvalue weighted by atomic mass is 16.6. The van der Waals surface area contributed by atoms with Crippen molar-refractivity contribution < 1.29 is 28.6 Å². The topological polar surface area (TPSA) is 97.4 Å². The summed E-state index contributed by atoms with van der Waals surface area (Å²) in [6.07, 6.45) is 6.68. The van der Waals surface area contributed by atoms with E-state index >= 15 is 0 Å². The third kappa shape index (κ3) is 8.03. The van der Waals surface area contributed by atoms with E-state index in [0.29, 0.717) is 38.7 Å². The molecule has 1 aliphatic carbocycles. The van der Waals surface area contributed by atoms with Gasteiger partial charge in [-0.1, -0.05) is 0 Å². The van der Waals surface area contributed by atoms with Gasteiger partial charge in [-0.25, -0.2) is 9.59 Å². The normalized spacial score (nSPS) is 25.1. The van der Waals surface area contributed by atoms with Crippen molar-refractivity contribution in [2.24, 2.45) is 11.8 Å². The third-order valence-electron chi connectivity index (χ3n) is 7.15. The number of urea groups is 1. The highest BCUT2D eigenvalue weighted by Gasteiger charge is 2.31. The molecule has 0 aromatic carbocycles. The number of carbonyl (C=O) groups excluding carboxylic acids is 3. The summed E-state index contributed by atoms with van der Waals surface area (Å²) in [4.78, 5) is 40.2. The molecule has 2 aliphatic heterocycles. The average molecular weight is 482 g/mol. The van der Waals surface area contributed by atoms with Crippen LogP contribution in [0.3, 0.4) is 0 Å². The Morgan fingerprint density at radius 1 is 0.853 bits per heavy atom. The van der Waals surface area contributed by atoms with Gasteiger partial charge in [0, 0.05) is 38.8 Å². The van der Waals surface area contributed by atoms with Gasteiger partial charge in [-0.15, -0.1) is 0 Å². The predicted octanol–water partition coefficient (Wildman–Crippen LogP) is 3.56. The summed E-state index contributed by atoms with van der Waals surface area (Å²) < 4.78 is 16.5. The monoisotopic (exact) mass is 481 g/mol. The second-order valence-electron chi connectivity index (χ2n) is 11.0. The summed E-state index contributed by atoms with van der Waals surface area (Å²) >= 11 is 0. The van der Waals surface area contributed by atoms with E-state index in [9.17, 15) is 14.4 Å². The first kappa shape index (κ1) is 26.6. The van der Waals surface area contributed by atoms with Gasteiger partial charge >= 0.3 is 18.1 Å². The number of hydrogen-bond acceptors (Lipinski definition) is 6. The number of likely N-dealkylation sites (tertiary alicyclic amines) is 2. The molecule has 0 unspecified atom stereocenters. The van der Waals surface area contributed by atoms with E-state index in [4.69, 9.17) is 14.2 Å². The van der Waals surface area contributed by atoms with Gasteiger partial charge in [0.25, 0.3) is 0 Å². The van der Waals surface area contributed by atoms with E-state index in [2.05, 4.69) is 5.32 Å². The minimum absolute atomic E-state index is 0.00511. The second kappa shape index (κ2) is 12.1. The molecule has 0 bridgehead atoms. The molecule has 3 rings (SSSR count). The number of rotatable bonds is 5. The molecule has 9 nitrogen and oxygen atoms in total. The van der Waals surface area contributed by atoms with Crippen LogP contribution in [0.2, 0.25) is 0 Å². The Morgan fingerprint density at radius 3 is 2.00 bits per heavy atom. The quantitative estimate of drug-likeness (QED) is 0.603. The van der Waals surface area contributed by atoms with Crippen molar-refractivity contribution in [3.8, 4) is 0 Å². The Kier molecular flexibility index (Phi) is 9.45. The fraction of sp³-hybridized carbons (Fsp3) is 0.880. The number of amides is 3. The van der Waals surface area contributed by atoms with Gasteiger partial charge in [-0.05, 0) is 78.1 Å². The molecule has 34 heavy (non-hydrogen) atoms. The fourth-order valence-electron chi connectivity index (χ4n) is 5.01. The van der Waals surface area contributed by atoms with E-state index in [0.717, 1.165) is 51.4 Å². The molecule has 1 saturated carbocycles. The smallest absolute Gasteiger partial charge is 0.410 e. The minimum atomic E-state index is -0.465. The molecule has 2 saturated heterocycles. The molecule has 1 N–H and O–H groups in total. The standard InChI is InChI=1S/C25H43N3O6/c1-25(2,3)34-24(31)28-13-9-18(10-14-28)17-33-21-11-15-27(16-12-21)23(30)26-20-7-5-19(6-8-20)22(29)32-4/h18-21H,5-17H2,1-4H3,(H,26,30). The first-order valence-electron chi connectivity index (χ1n) is 12.9.